The average molecular weight is 330 g/mol. The number of esters is 1. The van der Waals surface area contributed by atoms with Gasteiger partial charge in [-0.15, -0.1) is 0 Å². The van der Waals surface area contributed by atoms with Gasteiger partial charge < -0.3 is 19.9 Å². The molecule has 0 radical (unpaired) electrons. The van der Waals surface area contributed by atoms with Crippen molar-refractivity contribution < 1.29 is 9.53 Å². The van der Waals surface area contributed by atoms with Crippen LogP contribution >= 0.6 is 12.2 Å². The molecular formula is C16H18N4O2S. The molecule has 0 spiro atoms. The second kappa shape index (κ2) is 6.78. The minimum atomic E-state index is -0.251. The number of methoxy groups -OCH3 is 1. The number of hydrogen-bond acceptors (Lipinski definition) is 4. The lowest BCUT2D eigenvalue weighted by molar-refractivity contribution is -0.140. The van der Waals surface area contributed by atoms with Crippen LogP contribution in [0.25, 0.3) is 0 Å². The number of thiocarbonyl (C=S) groups is 1. The number of carbonyl (C=O) groups is 1. The first kappa shape index (κ1) is 15.5. The van der Waals surface area contributed by atoms with Crippen LogP contribution in [0.15, 0.2) is 42.7 Å². The molecule has 23 heavy (non-hydrogen) atoms. The quantitative estimate of drug-likeness (QED) is 0.645. The Bertz CT molecular complexity index is 675. The highest BCUT2D eigenvalue weighted by molar-refractivity contribution is 7.80. The molecule has 0 aliphatic carbocycles. The smallest absolute Gasteiger partial charge is 0.307 e. The molecule has 0 bridgehead atoms. The standard InChI is InChI=1S/C16H18N4O2S/c1-22-13(21)7-10-20-15(12-6-4-9-18-12)14(19-16(20)23)11-5-2-3-8-17-11/h2-6,8-9,14-15,18H,7,10H2,1H3,(H,19,23)/t14-,15+/m0/s1. The molecule has 3 rings (SSSR count). The van der Waals surface area contributed by atoms with Gasteiger partial charge in [0.05, 0.1) is 31.3 Å². The minimum absolute atomic E-state index is 0.0444. The molecule has 2 N–H and O–H groups in total. The normalized spacial score (nSPS) is 20.4. The zero-order valence-electron chi connectivity index (χ0n) is 12.7. The van der Waals surface area contributed by atoms with Crippen LogP contribution in [0.3, 0.4) is 0 Å². The summed E-state index contributed by atoms with van der Waals surface area (Å²) < 4.78 is 4.73. The summed E-state index contributed by atoms with van der Waals surface area (Å²) in [4.78, 5) is 21.2. The van der Waals surface area contributed by atoms with Crippen LogP contribution < -0.4 is 5.32 Å². The Labute approximate surface area is 139 Å². The lowest BCUT2D eigenvalue weighted by Crippen LogP contribution is -2.32. The number of H-pyrrole nitrogens is 1. The van der Waals surface area contributed by atoms with E-state index in [0.717, 1.165) is 11.4 Å². The van der Waals surface area contributed by atoms with Gasteiger partial charge in [0, 0.05) is 24.6 Å². The highest BCUT2D eigenvalue weighted by Crippen LogP contribution is 2.37. The Morgan fingerprint density at radius 2 is 2.26 bits per heavy atom. The molecule has 3 heterocycles. The van der Waals surface area contributed by atoms with Gasteiger partial charge in [0.1, 0.15) is 0 Å². The monoisotopic (exact) mass is 330 g/mol. The van der Waals surface area contributed by atoms with Crippen LogP contribution in [-0.2, 0) is 9.53 Å². The minimum Gasteiger partial charge on any atom is -0.469 e. The molecule has 7 heteroatoms. The van der Waals surface area contributed by atoms with E-state index in [4.69, 9.17) is 17.0 Å². The molecule has 6 nitrogen and oxygen atoms in total. The van der Waals surface area contributed by atoms with Crippen LogP contribution in [0.1, 0.15) is 29.9 Å². The van der Waals surface area contributed by atoms with E-state index in [1.54, 1.807) is 6.20 Å². The third-order valence-corrected chi connectivity index (χ3v) is 4.28. The van der Waals surface area contributed by atoms with Gasteiger partial charge in [-0.05, 0) is 36.5 Å². The molecule has 0 saturated carbocycles. The van der Waals surface area contributed by atoms with Crippen molar-refractivity contribution >= 4 is 23.3 Å². The molecule has 1 aliphatic heterocycles. The third kappa shape index (κ3) is 3.19. The van der Waals surface area contributed by atoms with E-state index < -0.39 is 0 Å². The van der Waals surface area contributed by atoms with Crippen LogP contribution in [0, 0.1) is 0 Å². The van der Waals surface area contributed by atoms with Crippen molar-refractivity contribution in [3.63, 3.8) is 0 Å². The number of nitrogens with zero attached hydrogens (tertiary/aromatic N) is 2. The number of aromatic amines is 1. The summed E-state index contributed by atoms with van der Waals surface area (Å²) in [6.45, 7) is 0.492. The number of pyridine rings is 1. The fourth-order valence-corrected chi connectivity index (χ4v) is 3.16. The highest BCUT2D eigenvalue weighted by atomic mass is 32.1. The SMILES string of the molecule is COC(=O)CCN1C(=S)N[C@@H](c2ccccn2)[C@H]1c1ccc[nH]1. The van der Waals surface area contributed by atoms with Crippen molar-refractivity contribution in [1.82, 2.24) is 20.2 Å². The fraction of sp³-hybridized carbons (Fsp3) is 0.312. The number of carbonyl (C=O) groups excluding carboxylic acids is 1. The molecule has 1 saturated heterocycles. The maximum absolute atomic E-state index is 11.5. The summed E-state index contributed by atoms with van der Waals surface area (Å²) in [5.41, 5.74) is 1.94. The second-order valence-electron chi connectivity index (χ2n) is 5.27. The fourth-order valence-electron chi connectivity index (χ4n) is 2.83. The Kier molecular flexibility index (Phi) is 4.57. The van der Waals surface area contributed by atoms with E-state index >= 15 is 0 Å². The predicted molar refractivity (Wildman–Crippen MR) is 89.6 cm³/mol. The second-order valence-corrected chi connectivity index (χ2v) is 5.66. The Morgan fingerprint density at radius 1 is 1.39 bits per heavy atom. The maximum atomic E-state index is 11.5. The number of rotatable bonds is 5. The summed E-state index contributed by atoms with van der Waals surface area (Å²) in [5, 5.41) is 3.94. The Morgan fingerprint density at radius 3 is 2.91 bits per heavy atom. The van der Waals surface area contributed by atoms with E-state index in [1.807, 2.05) is 41.4 Å². The first-order valence-corrected chi connectivity index (χ1v) is 7.79. The van der Waals surface area contributed by atoms with Crippen LogP contribution in [0.2, 0.25) is 0 Å². The first-order chi connectivity index (χ1) is 11.2. The van der Waals surface area contributed by atoms with Crippen LogP contribution in [0.5, 0.6) is 0 Å². The van der Waals surface area contributed by atoms with Gasteiger partial charge in [-0.25, -0.2) is 0 Å². The van der Waals surface area contributed by atoms with Gasteiger partial charge in [-0.2, -0.15) is 0 Å². The molecule has 0 amide bonds. The molecule has 0 unspecified atom stereocenters. The summed E-state index contributed by atoms with van der Waals surface area (Å²) in [6, 6.07) is 9.66. The zero-order valence-corrected chi connectivity index (χ0v) is 13.5. The van der Waals surface area contributed by atoms with Gasteiger partial charge in [0.25, 0.3) is 0 Å². The van der Waals surface area contributed by atoms with Crippen molar-refractivity contribution in [3.05, 3.63) is 54.1 Å². The largest absolute Gasteiger partial charge is 0.469 e. The van der Waals surface area contributed by atoms with E-state index in [1.165, 1.54) is 7.11 Å². The third-order valence-electron chi connectivity index (χ3n) is 3.92. The van der Waals surface area contributed by atoms with Gasteiger partial charge >= 0.3 is 5.97 Å². The maximum Gasteiger partial charge on any atom is 0.307 e. The van der Waals surface area contributed by atoms with Crippen molar-refractivity contribution in [3.8, 4) is 0 Å². The lowest BCUT2D eigenvalue weighted by Gasteiger charge is -2.26. The zero-order chi connectivity index (χ0) is 16.2. The van der Waals surface area contributed by atoms with Gasteiger partial charge in [-0.3, -0.25) is 9.78 Å². The van der Waals surface area contributed by atoms with Crippen molar-refractivity contribution in [2.75, 3.05) is 13.7 Å². The molecular weight excluding hydrogens is 312 g/mol. The lowest BCUT2D eigenvalue weighted by atomic mass is 10.0. The Balaban J connectivity index is 1.89. The molecule has 2 atom stereocenters. The van der Waals surface area contributed by atoms with Crippen molar-refractivity contribution in [2.45, 2.75) is 18.5 Å². The van der Waals surface area contributed by atoms with Crippen molar-refractivity contribution in [1.29, 1.82) is 0 Å². The molecule has 0 aromatic carbocycles. The highest BCUT2D eigenvalue weighted by Gasteiger charge is 2.40. The Hall–Kier alpha value is -2.41. The van der Waals surface area contributed by atoms with Gasteiger partial charge in [0.2, 0.25) is 0 Å². The number of nitrogens with one attached hydrogen (secondary N) is 2. The van der Waals surface area contributed by atoms with E-state index in [2.05, 4.69) is 15.3 Å². The van der Waals surface area contributed by atoms with Crippen LogP contribution in [0.4, 0.5) is 0 Å². The molecule has 2 aromatic rings. The molecule has 120 valence electrons. The molecule has 1 aliphatic rings. The number of hydrogen-bond donors (Lipinski definition) is 2. The predicted octanol–water partition coefficient (Wildman–Crippen LogP) is 1.95. The summed E-state index contributed by atoms with van der Waals surface area (Å²) >= 11 is 5.48. The van der Waals surface area contributed by atoms with Gasteiger partial charge in [-0.1, -0.05) is 6.07 Å². The van der Waals surface area contributed by atoms with E-state index in [0.29, 0.717) is 11.7 Å². The summed E-state index contributed by atoms with van der Waals surface area (Å²) in [6.07, 6.45) is 3.93. The van der Waals surface area contributed by atoms with E-state index in [9.17, 15) is 4.79 Å². The first-order valence-electron chi connectivity index (χ1n) is 7.39. The van der Waals surface area contributed by atoms with E-state index in [-0.39, 0.29) is 24.5 Å². The van der Waals surface area contributed by atoms with Crippen molar-refractivity contribution in [2.24, 2.45) is 0 Å². The summed E-state index contributed by atoms with van der Waals surface area (Å²) in [5.74, 6) is -0.251. The molecule has 2 aromatic heterocycles. The topological polar surface area (TPSA) is 70.2 Å². The number of ether oxygens (including phenoxy) is 1. The average Bonchev–Trinajstić information content (AvgIpc) is 3.21. The van der Waals surface area contributed by atoms with Gasteiger partial charge in [0.15, 0.2) is 5.11 Å². The molecule has 1 fully saturated rings. The number of aromatic nitrogens is 2. The summed E-state index contributed by atoms with van der Waals surface area (Å²) in [7, 11) is 1.39. The van der Waals surface area contributed by atoms with Crippen LogP contribution in [-0.4, -0.2) is 39.6 Å².